The second kappa shape index (κ2) is 7.92. The maximum absolute atomic E-state index is 11.7. The van der Waals surface area contributed by atoms with Gasteiger partial charge < -0.3 is 15.3 Å². The molecule has 5 heteroatoms. The molecule has 0 saturated carbocycles. The van der Waals surface area contributed by atoms with Crippen molar-refractivity contribution < 1.29 is 14.7 Å². The molecule has 0 radical (unpaired) electrons. The Morgan fingerprint density at radius 3 is 2.35 bits per heavy atom. The first-order chi connectivity index (χ1) is 7.86. The van der Waals surface area contributed by atoms with Gasteiger partial charge in [0.1, 0.15) is 0 Å². The van der Waals surface area contributed by atoms with Gasteiger partial charge in [-0.2, -0.15) is 0 Å². The Morgan fingerprint density at radius 2 is 1.94 bits per heavy atom. The summed E-state index contributed by atoms with van der Waals surface area (Å²) in [4.78, 5) is 23.8. The largest absolute Gasteiger partial charge is 0.481 e. The van der Waals surface area contributed by atoms with Gasteiger partial charge in [0, 0.05) is 26.6 Å². The number of hydrogen-bond donors (Lipinski definition) is 2. The lowest BCUT2D eigenvalue weighted by Crippen LogP contribution is -2.41. The van der Waals surface area contributed by atoms with Gasteiger partial charge in [0.15, 0.2) is 0 Å². The first kappa shape index (κ1) is 15.7. The Balaban J connectivity index is 3.99. The topological polar surface area (TPSA) is 69.6 Å². The lowest BCUT2D eigenvalue weighted by Gasteiger charge is -2.21. The third kappa shape index (κ3) is 7.60. The van der Waals surface area contributed by atoms with Gasteiger partial charge in [-0.25, -0.2) is 4.79 Å². The molecule has 2 amide bonds. The third-order valence-corrected chi connectivity index (χ3v) is 2.57. The van der Waals surface area contributed by atoms with Crippen molar-refractivity contribution in [1.29, 1.82) is 0 Å². The summed E-state index contributed by atoms with van der Waals surface area (Å²) in [5.74, 6) is -0.391. The zero-order valence-corrected chi connectivity index (χ0v) is 11.2. The lowest BCUT2D eigenvalue weighted by molar-refractivity contribution is -0.138. The number of carboxylic acid groups (broad SMARTS) is 1. The molecule has 0 saturated heterocycles. The van der Waals surface area contributed by atoms with Crippen molar-refractivity contribution in [1.82, 2.24) is 10.2 Å². The van der Waals surface area contributed by atoms with E-state index in [1.54, 1.807) is 11.9 Å². The Bertz CT molecular complexity index is 254. The molecule has 0 aromatic heterocycles. The fourth-order valence-electron chi connectivity index (χ4n) is 1.61. The molecule has 0 fully saturated rings. The summed E-state index contributed by atoms with van der Waals surface area (Å²) in [6, 6.07) is -0.137. The van der Waals surface area contributed by atoms with Crippen molar-refractivity contribution in [3.8, 4) is 0 Å². The van der Waals surface area contributed by atoms with Gasteiger partial charge in [0.05, 0.1) is 0 Å². The fourth-order valence-corrected chi connectivity index (χ4v) is 1.61. The van der Waals surface area contributed by atoms with Crippen molar-refractivity contribution in [2.75, 3.05) is 20.1 Å². The van der Waals surface area contributed by atoms with E-state index in [9.17, 15) is 9.59 Å². The average molecular weight is 244 g/mol. The minimum Gasteiger partial charge on any atom is -0.481 e. The van der Waals surface area contributed by atoms with Gasteiger partial charge in [0.25, 0.3) is 0 Å². The molecular formula is C12H24N2O3. The molecule has 2 N–H and O–H groups in total. The number of hydrogen-bond acceptors (Lipinski definition) is 2. The minimum absolute atomic E-state index is 0.00361. The first-order valence-corrected chi connectivity index (χ1v) is 6.07. The smallest absolute Gasteiger partial charge is 0.317 e. The van der Waals surface area contributed by atoms with Crippen LogP contribution in [-0.2, 0) is 4.79 Å². The van der Waals surface area contributed by atoms with Crippen molar-refractivity contribution in [3.63, 3.8) is 0 Å². The minimum atomic E-state index is -0.818. The number of carboxylic acids is 1. The highest BCUT2D eigenvalue weighted by molar-refractivity contribution is 5.74. The van der Waals surface area contributed by atoms with Crippen LogP contribution < -0.4 is 5.32 Å². The van der Waals surface area contributed by atoms with E-state index in [2.05, 4.69) is 5.32 Å². The maximum atomic E-state index is 11.7. The van der Waals surface area contributed by atoms with E-state index >= 15 is 0 Å². The zero-order valence-electron chi connectivity index (χ0n) is 11.2. The van der Waals surface area contributed by atoms with Gasteiger partial charge in [-0.3, -0.25) is 4.79 Å². The quantitative estimate of drug-likeness (QED) is 0.717. The summed E-state index contributed by atoms with van der Waals surface area (Å²) >= 11 is 0. The van der Waals surface area contributed by atoms with Crippen LogP contribution in [0.25, 0.3) is 0 Å². The first-order valence-electron chi connectivity index (χ1n) is 6.07. The number of carbonyl (C=O) groups excluding carboxylic acids is 1. The summed E-state index contributed by atoms with van der Waals surface area (Å²) < 4.78 is 0. The van der Waals surface area contributed by atoms with Crippen LogP contribution in [0.1, 0.15) is 33.6 Å². The molecule has 0 aromatic rings. The number of carbonyl (C=O) groups is 2. The van der Waals surface area contributed by atoms with Crippen LogP contribution in [0.5, 0.6) is 0 Å². The number of aliphatic carboxylic acids is 1. The molecule has 1 atom stereocenters. The summed E-state index contributed by atoms with van der Waals surface area (Å²) in [5.41, 5.74) is 0. The monoisotopic (exact) mass is 244 g/mol. The number of rotatable bonds is 7. The fraction of sp³-hybridized carbons (Fsp3) is 0.833. The highest BCUT2D eigenvalue weighted by Crippen LogP contribution is 2.06. The predicted molar refractivity (Wildman–Crippen MR) is 66.9 cm³/mol. The molecular weight excluding hydrogens is 220 g/mol. The van der Waals surface area contributed by atoms with E-state index in [1.807, 2.05) is 20.8 Å². The lowest BCUT2D eigenvalue weighted by atomic mass is 10.0. The number of nitrogens with one attached hydrogen (secondary N) is 1. The molecule has 5 nitrogen and oxygen atoms in total. The molecule has 0 aliphatic rings. The molecule has 0 spiro atoms. The van der Waals surface area contributed by atoms with Crippen LogP contribution in [-0.4, -0.2) is 42.1 Å². The van der Waals surface area contributed by atoms with Crippen molar-refractivity contribution in [2.45, 2.75) is 33.6 Å². The average Bonchev–Trinajstić information content (AvgIpc) is 2.22. The van der Waals surface area contributed by atoms with Gasteiger partial charge >= 0.3 is 12.0 Å². The summed E-state index contributed by atoms with van der Waals surface area (Å²) in [7, 11) is 1.74. The van der Waals surface area contributed by atoms with Crippen molar-refractivity contribution >= 4 is 12.0 Å². The van der Waals surface area contributed by atoms with E-state index in [4.69, 9.17) is 5.11 Å². The number of nitrogens with zero attached hydrogens (tertiary/aromatic N) is 1. The van der Waals surface area contributed by atoms with Gasteiger partial charge in [0.2, 0.25) is 0 Å². The van der Waals surface area contributed by atoms with Gasteiger partial charge in [-0.05, 0) is 11.8 Å². The molecule has 17 heavy (non-hydrogen) atoms. The zero-order chi connectivity index (χ0) is 13.4. The number of urea groups is 1. The van der Waals surface area contributed by atoms with Gasteiger partial charge in [-0.1, -0.05) is 27.2 Å². The molecule has 0 rings (SSSR count). The van der Waals surface area contributed by atoms with Crippen molar-refractivity contribution in [2.24, 2.45) is 11.8 Å². The van der Waals surface area contributed by atoms with Crippen molar-refractivity contribution in [3.05, 3.63) is 0 Å². The van der Waals surface area contributed by atoms with Crippen LogP contribution in [0.15, 0.2) is 0 Å². The van der Waals surface area contributed by atoms with E-state index in [0.29, 0.717) is 19.0 Å². The van der Waals surface area contributed by atoms with E-state index in [0.717, 1.165) is 6.42 Å². The normalized spacial score (nSPS) is 12.3. The second-order valence-electron chi connectivity index (χ2n) is 4.83. The molecule has 0 bridgehead atoms. The standard InChI is InChI=1S/C12H24N2O3/c1-5-10(6-11(15)16)7-13-12(17)14(4)8-9(2)3/h9-10H,5-8H2,1-4H3,(H,13,17)(H,15,16). The van der Waals surface area contributed by atoms with Crippen LogP contribution in [0, 0.1) is 11.8 Å². The Hall–Kier alpha value is -1.26. The molecule has 0 aliphatic heterocycles. The van der Waals surface area contributed by atoms with E-state index in [-0.39, 0.29) is 18.4 Å². The molecule has 0 aliphatic carbocycles. The SMILES string of the molecule is CCC(CNC(=O)N(C)CC(C)C)CC(=O)O. The summed E-state index contributed by atoms with van der Waals surface area (Å²) in [6.07, 6.45) is 0.852. The predicted octanol–water partition coefficient (Wildman–Crippen LogP) is 1.78. The Morgan fingerprint density at radius 1 is 1.35 bits per heavy atom. The highest BCUT2D eigenvalue weighted by atomic mass is 16.4. The second-order valence-corrected chi connectivity index (χ2v) is 4.83. The number of amides is 2. The van der Waals surface area contributed by atoms with Crippen LogP contribution >= 0.6 is 0 Å². The van der Waals surface area contributed by atoms with Crippen LogP contribution in [0.3, 0.4) is 0 Å². The van der Waals surface area contributed by atoms with Crippen LogP contribution in [0.2, 0.25) is 0 Å². The summed E-state index contributed by atoms with van der Waals surface area (Å²) in [5, 5.41) is 11.5. The molecule has 100 valence electrons. The highest BCUT2D eigenvalue weighted by Gasteiger charge is 2.14. The Kier molecular flexibility index (Phi) is 7.34. The van der Waals surface area contributed by atoms with E-state index < -0.39 is 5.97 Å². The molecule has 1 unspecified atom stereocenters. The van der Waals surface area contributed by atoms with Gasteiger partial charge in [-0.15, -0.1) is 0 Å². The van der Waals surface area contributed by atoms with E-state index in [1.165, 1.54) is 0 Å². The third-order valence-electron chi connectivity index (χ3n) is 2.57. The molecule has 0 aromatic carbocycles. The Labute approximate surface area is 103 Å². The maximum Gasteiger partial charge on any atom is 0.317 e. The van der Waals surface area contributed by atoms with Crippen LogP contribution in [0.4, 0.5) is 4.79 Å². The molecule has 0 heterocycles. The summed E-state index contributed by atoms with van der Waals surface area (Å²) in [6.45, 7) is 7.13.